The Morgan fingerprint density at radius 1 is 0.607 bits per heavy atom. The van der Waals surface area contributed by atoms with Crippen LogP contribution >= 0.6 is 0 Å². The molecule has 2 atom stereocenters. The number of unbranched alkanes of at least 4 members (excludes halogenated alkanes) is 10. The van der Waals surface area contributed by atoms with Crippen molar-refractivity contribution in [3.05, 3.63) is 0 Å². The Kier molecular flexibility index (Phi) is 14.6. The molecular formula is C19H41NO6S2. The van der Waals surface area contributed by atoms with Gasteiger partial charge in [0.05, 0.1) is 0 Å². The van der Waals surface area contributed by atoms with Crippen molar-refractivity contribution in [2.75, 3.05) is 7.05 Å². The predicted molar refractivity (Wildman–Crippen MR) is 114 cm³/mol. The minimum atomic E-state index is -4.46. The first-order chi connectivity index (χ1) is 13.1. The molecule has 0 aromatic heterocycles. The summed E-state index contributed by atoms with van der Waals surface area (Å²) in [5, 5.41) is -2.66. The Bertz CT molecular complexity index is 540. The van der Waals surface area contributed by atoms with Crippen LogP contribution in [0.25, 0.3) is 0 Å². The standard InChI is InChI=1S/C19H41NO6S2/c1-4-6-8-10-12-14-16-18(27(21,22)23)20(3)19(28(24,25)26)17-15-13-11-9-7-5-2/h18-19H,4-17H2,1-3H3,(H,21,22,23)(H,24,25,26). The maximum absolute atomic E-state index is 11.9. The lowest BCUT2D eigenvalue weighted by atomic mass is 10.1. The van der Waals surface area contributed by atoms with Crippen LogP contribution in [0.1, 0.15) is 104 Å². The highest BCUT2D eigenvalue weighted by atomic mass is 32.2. The van der Waals surface area contributed by atoms with Gasteiger partial charge < -0.3 is 0 Å². The Morgan fingerprint density at radius 3 is 1.18 bits per heavy atom. The number of rotatable bonds is 18. The first kappa shape index (κ1) is 27.8. The van der Waals surface area contributed by atoms with Crippen molar-refractivity contribution >= 4 is 20.2 Å². The van der Waals surface area contributed by atoms with Gasteiger partial charge in [-0.05, 0) is 19.9 Å². The molecule has 0 saturated heterocycles. The molecule has 2 unspecified atom stereocenters. The van der Waals surface area contributed by atoms with Crippen molar-refractivity contribution in [1.82, 2.24) is 4.90 Å². The predicted octanol–water partition coefficient (Wildman–Crippen LogP) is 4.85. The molecule has 28 heavy (non-hydrogen) atoms. The zero-order valence-corrected chi connectivity index (χ0v) is 19.5. The summed E-state index contributed by atoms with van der Waals surface area (Å²) in [4.78, 5) is 1.11. The fourth-order valence-electron chi connectivity index (χ4n) is 3.51. The van der Waals surface area contributed by atoms with E-state index in [1.807, 2.05) is 0 Å². The van der Waals surface area contributed by atoms with Gasteiger partial charge in [-0.15, -0.1) is 0 Å². The summed E-state index contributed by atoms with van der Waals surface area (Å²) in [5.41, 5.74) is 0. The van der Waals surface area contributed by atoms with Crippen molar-refractivity contribution in [3.8, 4) is 0 Å². The molecule has 0 aliphatic carbocycles. The lowest BCUT2D eigenvalue weighted by molar-refractivity contribution is 0.226. The number of hydrogen-bond donors (Lipinski definition) is 2. The molecule has 0 saturated carbocycles. The van der Waals surface area contributed by atoms with Gasteiger partial charge in [-0.2, -0.15) is 16.8 Å². The van der Waals surface area contributed by atoms with E-state index in [4.69, 9.17) is 0 Å². The summed E-state index contributed by atoms with van der Waals surface area (Å²) in [6.45, 7) is 4.23. The van der Waals surface area contributed by atoms with Crippen molar-refractivity contribution in [1.29, 1.82) is 0 Å². The summed E-state index contributed by atoms with van der Waals surface area (Å²) in [5.74, 6) is 0. The summed E-state index contributed by atoms with van der Waals surface area (Å²) in [6, 6.07) is 0. The molecule has 0 aromatic carbocycles. The van der Waals surface area contributed by atoms with Crippen molar-refractivity contribution < 1.29 is 25.9 Å². The van der Waals surface area contributed by atoms with Crippen LogP contribution in [0.5, 0.6) is 0 Å². The van der Waals surface area contributed by atoms with E-state index >= 15 is 0 Å². The molecule has 0 rings (SSSR count). The van der Waals surface area contributed by atoms with E-state index < -0.39 is 31.0 Å². The normalized spacial score (nSPS) is 15.1. The first-order valence-electron chi connectivity index (χ1n) is 10.7. The third-order valence-corrected chi connectivity index (χ3v) is 7.72. The number of hydrogen-bond acceptors (Lipinski definition) is 5. The smallest absolute Gasteiger partial charge is 0.281 e. The molecule has 0 aliphatic rings. The Labute approximate surface area is 172 Å². The third-order valence-electron chi connectivity index (χ3n) is 5.21. The molecule has 0 radical (unpaired) electrons. The summed E-state index contributed by atoms with van der Waals surface area (Å²) < 4.78 is 66.7. The van der Waals surface area contributed by atoms with Crippen molar-refractivity contribution in [2.45, 2.75) is 114 Å². The Morgan fingerprint density at radius 2 is 0.893 bits per heavy atom. The van der Waals surface area contributed by atoms with E-state index in [1.165, 1.54) is 7.05 Å². The Balaban J connectivity index is 4.86. The van der Waals surface area contributed by atoms with E-state index in [-0.39, 0.29) is 12.8 Å². The minimum Gasteiger partial charge on any atom is -0.284 e. The van der Waals surface area contributed by atoms with Gasteiger partial charge in [0, 0.05) is 0 Å². The largest absolute Gasteiger partial charge is 0.284 e. The zero-order chi connectivity index (χ0) is 21.6. The van der Waals surface area contributed by atoms with Crippen LogP contribution in [0, 0.1) is 0 Å². The molecule has 0 aliphatic heterocycles. The van der Waals surface area contributed by atoms with Crippen LogP contribution in [0.15, 0.2) is 0 Å². The second-order valence-electron chi connectivity index (χ2n) is 7.72. The molecular weight excluding hydrogens is 402 g/mol. The maximum Gasteiger partial charge on any atom is 0.281 e. The van der Waals surface area contributed by atoms with Gasteiger partial charge in [-0.25, -0.2) is 0 Å². The highest BCUT2D eigenvalue weighted by Gasteiger charge is 2.37. The monoisotopic (exact) mass is 443 g/mol. The lowest BCUT2D eigenvalue weighted by Gasteiger charge is -2.31. The quantitative estimate of drug-likeness (QED) is 0.230. The maximum atomic E-state index is 11.9. The molecule has 0 aromatic rings. The second kappa shape index (κ2) is 14.7. The molecule has 0 amide bonds. The molecule has 0 spiro atoms. The fourth-order valence-corrected chi connectivity index (χ4v) is 5.65. The van der Waals surface area contributed by atoms with Gasteiger partial charge in [0.25, 0.3) is 20.2 Å². The topological polar surface area (TPSA) is 112 Å². The highest BCUT2D eigenvalue weighted by Crippen LogP contribution is 2.23. The van der Waals surface area contributed by atoms with Gasteiger partial charge in [-0.1, -0.05) is 90.9 Å². The SMILES string of the molecule is CCCCCCCCC(N(C)C(CCCCCCCC)S(=O)(=O)O)S(=O)(=O)O. The van der Waals surface area contributed by atoms with Gasteiger partial charge in [0.1, 0.15) is 10.7 Å². The fraction of sp³-hybridized carbons (Fsp3) is 1.00. The van der Waals surface area contributed by atoms with E-state index in [2.05, 4.69) is 13.8 Å². The average Bonchev–Trinajstić information content (AvgIpc) is 2.57. The third kappa shape index (κ3) is 12.4. The van der Waals surface area contributed by atoms with Gasteiger partial charge in [0.15, 0.2) is 0 Å². The summed E-state index contributed by atoms with van der Waals surface area (Å²) >= 11 is 0. The zero-order valence-electron chi connectivity index (χ0n) is 17.8. The summed E-state index contributed by atoms with van der Waals surface area (Å²) in [7, 11) is -7.57. The van der Waals surface area contributed by atoms with Crippen LogP contribution in [0.3, 0.4) is 0 Å². The molecule has 0 fully saturated rings. The van der Waals surface area contributed by atoms with Gasteiger partial charge >= 0.3 is 0 Å². The molecule has 7 nitrogen and oxygen atoms in total. The van der Waals surface area contributed by atoms with E-state index in [9.17, 15) is 25.9 Å². The van der Waals surface area contributed by atoms with Gasteiger partial charge in [0.2, 0.25) is 0 Å². The second-order valence-corrected chi connectivity index (χ2v) is 10.9. The van der Waals surface area contributed by atoms with Crippen LogP contribution in [-0.4, -0.2) is 48.6 Å². The van der Waals surface area contributed by atoms with Crippen LogP contribution in [-0.2, 0) is 20.2 Å². The first-order valence-corrected chi connectivity index (χ1v) is 13.7. The van der Waals surface area contributed by atoms with E-state index in [0.29, 0.717) is 12.8 Å². The van der Waals surface area contributed by atoms with Crippen molar-refractivity contribution in [3.63, 3.8) is 0 Å². The lowest BCUT2D eigenvalue weighted by Crippen LogP contribution is -2.48. The van der Waals surface area contributed by atoms with Crippen LogP contribution < -0.4 is 0 Å². The summed E-state index contributed by atoms with van der Waals surface area (Å²) in [6.07, 6.45) is 11.7. The molecule has 9 heteroatoms. The molecule has 0 heterocycles. The minimum absolute atomic E-state index is 0.143. The molecule has 2 N–H and O–H groups in total. The molecule has 170 valence electrons. The Hall–Kier alpha value is -0.220. The van der Waals surface area contributed by atoms with E-state index in [0.717, 1.165) is 69.1 Å². The molecule has 0 bridgehead atoms. The highest BCUT2D eigenvalue weighted by molar-refractivity contribution is 7.87. The average molecular weight is 444 g/mol. The van der Waals surface area contributed by atoms with Crippen molar-refractivity contribution in [2.24, 2.45) is 0 Å². The van der Waals surface area contributed by atoms with Gasteiger partial charge in [-0.3, -0.25) is 14.0 Å². The number of nitrogens with zero attached hydrogens (tertiary/aromatic N) is 1. The van der Waals surface area contributed by atoms with Crippen LogP contribution in [0.4, 0.5) is 0 Å². The van der Waals surface area contributed by atoms with E-state index in [1.54, 1.807) is 0 Å². The van der Waals surface area contributed by atoms with Crippen LogP contribution in [0.2, 0.25) is 0 Å².